The molecule has 0 unspecified atom stereocenters. The number of hydrogen-bond donors (Lipinski definition) is 3. The predicted octanol–water partition coefficient (Wildman–Crippen LogP) is 2.41. The Morgan fingerprint density at radius 2 is 2.00 bits per heavy atom. The van der Waals surface area contributed by atoms with Gasteiger partial charge in [-0.25, -0.2) is 9.78 Å². The van der Waals surface area contributed by atoms with Gasteiger partial charge in [0.2, 0.25) is 5.91 Å². The Morgan fingerprint density at radius 3 is 2.68 bits per heavy atom. The van der Waals surface area contributed by atoms with E-state index in [0.29, 0.717) is 18.8 Å². The maximum Gasteiger partial charge on any atom is 0.315 e. The minimum Gasteiger partial charge on any atom is -0.334 e. The Hall–Kier alpha value is -2.41. The summed E-state index contributed by atoms with van der Waals surface area (Å²) in [7, 11) is 0. The average molecular weight is 318 g/mol. The fourth-order valence-electron chi connectivity index (χ4n) is 1.85. The van der Waals surface area contributed by atoms with Crippen molar-refractivity contribution in [2.75, 3.05) is 5.32 Å². The van der Waals surface area contributed by atoms with E-state index in [2.05, 4.69) is 20.9 Å². The van der Waals surface area contributed by atoms with E-state index in [1.807, 2.05) is 25.1 Å². The first-order chi connectivity index (χ1) is 10.5. The highest BCUT2D eigenvalue weighted by molar-refractivity contribution is 7.11. The summed E-state index contributed by atoms with van der Waals surface area (Å²) in [6.07, 6.45) is 1.78. The van der Waals surface area contributed by atoms with Gasteiger partial charge in [-0.05, 0) is 24.6 Å². The van der Waals surface area contributed by atoms with E-state index in [1.54, 1.807) is 23.6 Å². The third-order valence-corrected chi connectivity index (χ3v) is 3.68. The van der Waals surface area contributed by atoms with Crippen molar-refractivity contribution in [2.45, 2.75) is 26.9 Å². The van der Waals surface area contributed by atoms with Crippen LogP contribution in [-0.2, 0) is 17.9 Å². The average Bonchev–Trinajstić information content (AvgIpc) is 2.88. The number of benzene rings is 1. The maximum absolute atomic E-state index is 11.7. The van der Waals surface area contributed by atoms with E-state index < -0.39 is 0 Å². The van der Waals surface area contributed by atoms with Crippen LogP contribution in [0.4, 0.5) is 10.5 Å². The van der Waals surface area contributed by atoms with Crippen molar-refractivity contribution in [1.29, 1.82) is 0 Å². The molecule has 0 bridgehead atoms. The third kappa shape index (κ3) is 5.17. The lowest BCUT2D eigenvalue weighted by atomic mass is 10.2. The maximum atomic E-state index is 11.7. The molecular formula is C15H18N4O2S. The smallest absolute Gasteiger partial charge is 0.315 e. The van der Waals surface area contributed by atoms with Crippen LogP contribution in [-0.4, -0.2) is 16.9 Å². The zero-order chi connectivity index (χ0) is 15.9. The van der Waals surface area contributed by atoms with Gasteiger partial charge in [-0.2, -0.15) is 0 Å². The molecule has 3 amide bonds. The molecule has 22 heavy (non-hydrogen) atoms. The first-order valence-electron chi connectivity index (χ1n) is 6.82. The van der Waals surface area contributed by atoms with Crippen LogP contribution in [0, 0.1) is 6.92 Å². The van der Waals surface area contributed by atoms with E-state index in [9.17, 15) is 9.59 Å². The second-order valence-electron chi connectivity index (χ2n) is 4.78. The molecule has 0 spiro atoms. The van der Waals surface area contributed by atoms with E-state index >= 15 is 0 Å². The molecule has 7 heteroatoms. The Morgan fingerprint density at radius 1 is 1.23 bits per heavy atom. The van der Waals surface area contributed by atoms with Gasteiger partial charge in [-0.1, -0.05) is 12.1 Å². The first kappa shape index (κ1) is 16.0. The highest BCUT2D eigenvalue weighted by Gasteiger charge is 2.04. The number of aryl methyl sites for hydroxylation is 1. The Kier molecular flexibility index (Phi) is 5.48. The number of rotatable bonds is 5. The standard InChI is InChI=1S/C15H18N4O2S/c1-10-7-16-14(22-10)9-18-15(21)17-8-12-4-3-5-13(6-12)19-11(2)20/h3-7H,8-9H2,1-2H3,(H,19,20)(H2,17,18,21). The SMILES string of the molecule is CC(=O)Nc1cccc(CNC(=O)NCc2ncc(C)s2)c1. The van der Waals surface area contributed by atoms with Crippen LogP contribution < -0.4 is 16.0 Å². The lowest BCUT2D eigenvalue weighted by Crippen LogP contribution is -2.34. The number of amides is 3. The fraction of sp³-hybridized carbons (Fsp3) is 0.267. The molecule has 1 aromatic heterocycles. The van der Waals surface area contributed by atoms with Gasteiger partial charge in [0, 0.05) is 30.2 Å². The zero-order valence-corrected chi connectivity index (χ0v) is 13.3. The molecule has 0 aliphatic carbocycles. The van der Waals surface area contributed by atoms with Crippen molar-refractivity contribution in [3.63, 3.8) is 0 Å². The number of carbonyl (C=O) groups excluding carboxylic acids is 2. The van der Waals surface area contributed by atoms with Gasteiger partial charge < -0.3 is 16.0 Å². The molecule has 0 saturated heterocycles. The summed E-state index contributed by atoms with van der Waals surface area (Å²) in [6.45, 7) is 4.23. The second kappa shape index (κ2) is 7.56. The van der Waals surface area contributed by atoms with Crippen molar-refractivity contribution in [3.8, 4) is 0 Å². The number of anilines is 1. The van der Waals surface area contributed by atoms with Crippen molar-refractivity contribution in [2.24, 2.45) is 0 Å². The Balaban J connectivity index is 1.79. The molecule has 3 N–H and O–H groups in total. The van der Waals surface area contributed by atoms with Crippen molar-refractivity contribution in [1.82, 2.24) is 15.6 Å². The van der Waals surface area contributed by atoms with Crippen molar-refractivity contribution in [3.05, 3.63) is 45.9 Å². The molecule has 2 rings (SSSR count). The molecule has 0 saturated carbocycles. The molecular weight excluding hydrogens is 300 g/mol. The number of nitrogens with zero attached hydrogens (tertiary/aromatic N) is 1. The third-order valence-electron chi connectivity index (χ3n) is 2.77. The normalized spacial score (nSPS) is 10.1. The predicted molar refractivity (Wildman–Crippen MR) is 86.7 cm³/mol. The Labute approximate surface area is 133 Å². The summed E-state index contributed by atoms with van der Waals surface area (Å²) in [5.74, 6) is -0.124. The number of nitrogens with one attached hydrogen (secondary N) is 3. The van der Waals surface area contributed by atoms with Crippen LogP contribution >= 0.6 is 11.3 Å². The van der Waals surface area contributed by atoms with Gasteiger partial charge in [0.25, 0.3) is 0 Å². The number of urea groups is 1. The van der Waals surface area contributed by atoms with Gasteiger partial charge in [0.05, 0.1) is 6.54 Å². The van der Waals surface area contributed by atoms with Crippen LogP contribution in [0.3, 0.4) is 0 Å². The molecule has 0 aliphatic rings. The zero-order valence-electron chi connectivity index (χ0n) is 12.5. The van der Waals surface area contributed by atoms with E-state index in [-0.39, 0.29) is 11.9 Å². The monoisotopic (exact) mass is 318 g/mol. The van der Waals surface area contributed by atoms with Crippen LogP contribution in [0.1, 0.15) is 22.4 Å². The highest BCUT2D eigenvalue weighted by atomic mass is 32.1. The number of thiazole rings is 1. The molecule has 0 atom stereocenters. The molecule has 0 fully saturated rings. The summed E-state index contributed by atoms with van der Waals surface area (Å²) in [5, 5.41) is 9.11. The highest BCUT2D eigenvalue weighted by Crippen LogP contribution is 2.11. The topological polar surface area (TPSA) is 83.1 Å². The molecule has 0 radical (unpaired) electrons. The van der Waals surface area contributed by atoms with Gasteiger partial charge >= 0.3 is 6.03 Å². The molecule has 1 heterocycles. The van der Waals surface area contributed by atoms with E-state index in [4.69, 9.17) is 0 Å². The van der Waals surface area contributed by atoms with Gasteiger partial charge in [0.15, 0.2) is 0 Å². The van der Waals surface area contributed by atoms with E-state index in [1.165, 1.54) is 6.92 Å². The fourth-order valence-corrected chi connectivity index (χ4v) is 2.57. The minimum absolute atomic E-state index is 0.124. The number of aromatic nitrogens is 1. The van der Waals surface area contributed by atoms with Crippen molar-refractivity contribution >= 4 is 29.0 Å². The van der Waals surface area contributed by atoms with Gasteiger partial charge in [-0.15, -0.1) is 11.3 Å². The van der Waals surface area contributed by atoms with Gasteiger partial charge in [-0.3, -0.25) is 4.79 Å². The Bertz CT molecular complexity index is 669. The van der Waals surface area contributed by atoms with Crippen LogP contribution in [0.5, 0.6) is 0 Å². The molecule has 6 nitrogen and oxygen atoms in total. The summed E-state index contributed by atoms with van der Waals surface area (Å²) in [6, 6.07) is 7.09. The quantitative estimate of drug-likeness (QED) is 0.791. The minimum atomic E-state index is -0.252. The summed E-state index contributed by atoms with van der Waals surface area (Å²) in [5.41, 5.74) is 1.62. The van der Waals surface area contributed by atoms with E-state index in [0.717, 1.165) is 15.4 Å². The summed E-state index contributed by atoms with van der Waals surface area (Å²) < 4.78 is 0. The summed E-state index contributed by atoms with van der Waals surface area (Å²) >= 11 is 1.56. The lowest BCUT2D eigenvalue weighted by molar-refractivity contribution is -0.114. The largest absolute Gasteiger partial charge is 0.334 e. The number of hydrogen-bond acceptors (Lipinski definition) is 4. The molecule has 2 aromatic rings. The lowest BCUT2D eigenvalue weighted by Gasteiger charge is -2.08. The number of carbonyl (C=O) groups is 2. The molecule has 1 aromatic carbocycles. The second-order valence-corrected chi connectivity index (χ2v) is 6.10. The molecule has 0 aliphatic heterocycles. The van der Waals surface area contributed by atoms with Crippen LogP contribution in [0.2, 0.25) is 0 Å². The van der Waals surface area contributed by atoms with Crippen LogP contribution in [0.15, 0.2) is 30.5 Å². The van der Waals surface area contributed by atoms with Crippen molar-refractivity contribution < 1.29 is 9.59 Å². The summed E-state index contributed by atoms with van der Waals surface area (Å²) in [4.78, 5) is 28.1. The first-order valence-corrected chi connectivity index (χ1v) is 7.64. The van der Waals surface area contributed by atoms with Crippen LogP contribution in [0.25, 0.3) is 0 Å². The molecule has 116 valence electrons. The van der Waals surface area contributed by atoms with Gasteiger partial charge in [0.1, 0.15) is 5.01 Å².